The minimum absolute atomic E-state index is 0.637. The number of benzene rings is 1. The van der Waals surface area contributed by atoms with Gasteiger partial charge >= 0.3 is 0 Å². The van der Waals surface area contributed by atoms with Gasteiger partial charge in [0, 0.05) is 23.2 Å². The molecule has 0 atom stereocenters. The van der Waals surface area contributed by atoms with Gasteiger partial charge in [-0.2, -0.15) is 0 Å². The number of hydrogen-bond acceptors (Lipinski definition) is 3. The Kier molecular flexibility index (Phi) is 6.24. The fraction of sp³-hybridized carbons (Fsp3) is 0.188. The molecule has 0 bridgehead atoms. The molecule has 2 aromatic rings. The molecule has 0 radical (unpaired) electrons. The van der Waals surface area contributed by atoms with E-state index in [1.165, 1.54) is 0 Å². The van der Waals surface area contributed by atoms with Crippen molar-refractivity contribution in [1.82, 2.24) is 4.90 Å². The van der Waals surface area contributed by atoms with Crippen LogP contribution in [0, 0.1) is 0 Å². The number of hydrogen-bond donors (Lipinski definition) is 1. The highest BCUT2D eigenvalue weighted by Gasteiger charge is 2.11. The van der Waals surface area contributed by atoms with Gasteiger partial charge in [-0.25, -0.2) is 0 Å². The molecule has 2 rings (SSSR count). The average Bonchev–Trinajstić information content (AvgIpc) is 2.92. The van der Waals surface area contributed by atoms with Crippen molar-refractivity contribution in [2.75, 3.05) is 19.0 Å². The van der Waals surface area contributed by atoms with Gasteiger partial charge in [0.2, 0.25) is 0 Å². The van der Waals surface area contributed by atoms with Crippen LogP contribution in [0.4, 0.5) is 5.69 Å². The first kappa shape index (κ1) is 16.8. The van der Waals surface area contributed by atoms with E-state index in [0.717, 1.165) is 20.7 Å². The Hall–Kier alpha value is -1.56. The molecule has 6 heteroatoms. The average molecular weight is 353 g/mol. The van der Waals surface area contributed by atoms with E-state index in [4.69, 9.17) is 28.6 Å². The van der Waals surface area contributed by atoms with Crippen molar-refractivity contribution in [2.24, 2.45) is 0 Å². The molecular weight excluding hydrogens is 336 g/mol. The summed E-state index contributed by atoms with van der Waals surface area (Å²) in [7, 11) is 1.64. The smallest absolute Gasteiger partial charge is 0.174 e. The van der Waals surface area contributed by atoms with Crippen LogP contribution >= 0.6 is 35.2 Å². The fourth-order valence-electron chi connectivity index (χ4n) is 1.90. The predicted octanol–water partition coefficient (Wildman–Crippen LogP) is 4.80. The van der Waals surface area contributed by atoms with Crippen LogP contribution in [0.2, 0.25) is 4.34 Å². The Morgan fingerprint density at radius 3 is 2.91 bits per heavy atom. The molecule has 0 aliphatic carbocycles. The van der Waals surface area contributed by atoms with Crippen LogP contribution < -0.4 is 10.1 Å². The summed E-state index contributed by atoms with van der Waals surface area (Å²) in [6.07, 6.45) is 1.83. The zero-order valence-corrected chi connectivity index (χ0v) is 14.6. The lowest BCUT2D eigenvalue weighted by atomic mass is 10.3. The highest BCUT2D eigenvalue weighted by molar-refractivity contribution is 7.80. The van der Waals surface area contributed by atoms with E-state index < -0.39 is 0 Å². The number of nitrogens with one attached hydrogen (secondary N) is 1. The van der Waals surface area contributed by atoms with E-state index in [9.17, 15) is 0 Å². The quantitative estimate of drug-likeness (QED) is 0.596. The van der Waals surface area contributed by atoms with Crippen molar-refractivity contribution in [3.05, 3.63) is 58.3 Å². The molecule has 0 saturated carbocycles. The van der Waals surface area contributed by atoms with E-state index in [1.54, 1.807) is 18.4 Å². The molecule has 1 aromatic carbocycles. The summed E-state index contributed by atoms with van der Waals surface area (Å²) in [6.45, 7) is 5.14. The van der Waals surface area contributed by atoms with Crippen molar-refractivity contribution >= 4 is 46.0 Å². The van der Waals surface area contributed by atoms with Crippen LogP contribution in [0.5, 0.6) is 5.75 Å². The molecular formula is C16H17ClN2OS2. The second-order valence-electron chi connectivity index (χ2n) is 4.54. The SMILES string of the molecule is C=CCN(Cc1ccc(Cl)s1)C(=S)Nc1cccc(OC)c1. The molecule has 0 unspecified atom stereocenters. The number of ether oxygens (including phenoxy) is 1. The monoisotopic (exact) mass is 352 g/mol. The number of methoxy groups -OCH3 is 1. The zero-order chi connectivity index (χ0) is 15.9. The van der Waals surface area contributed by atoms with E-state index in [1.807, 2.05) is 47.4 Å². The maximum atomic E-state index is 5.98. The molecule has 0 aliphatic rings. The molecule has 0 saturated heterocycles. The molecule has 22 heavy (non-hydrogen) atoms. The lowest BCUT2D eigenvalue weighted by Crippen LogP contribution is -2.34. The van der Waals surface area contributed by atoms with Gasteiger partial charge in [-0.3, -0.25) is 0 Å². The number of nitrogens with zero attached hydrogens (tertiary/aromatic N) is 1. The third kappa shape index (κ3) is 4.73. The summed E-state index contributed by atoms with van der Waals surface area (Å²) >= 11 is 13.0. The van der Waals surface area contributed by atoms with Crippen LogP contribution in [0.1, 0.15) is 4.88 Å². The van der Waals surface area contributed by atoms with Gasteiger partial charge in [-0.15, -0.1) is 17.9 Å². The Morgan fingerprint density at radius 1 is 1.45 bits per heavy atom. The first-order valence-electron chi connectivity index (χ1n) is 6.67. The summed E-state index contributed by atoms with van der Waals surface area (Å²) in [6, 6.07) is 11.6. The van der Waals surface area contributed by atoms with Crippen LogP contribution in [0.3, 0.4) is 0 Å². The number of thiophene rings is 1. The summed E-state index contributed by atoms with van der Waals surface area (Å²) in [5.41, 5.74) is 0.891. The molecule has 1 heterocycles. The second kappa shape index (κ2) is 8.17. The Bertz CT molecular complexity index is 657. The van der Waals surface area contributed by atoms with Gasteiger partial charge in [0.05, 0.1) is 18.0 Å². The summed E-state index contributed by atoms with van der Waals surface area (Å²) in [4.78, 5) is 3.19. The minimum atomic E-state index is 0.637. The van der Waals surface area contributed by atoms with E-state index in [0.29, 0.717) is 18.2 Å². The molecule has 116 valence electrons. The lowest BCUT2D eigenvalue weighted by molar-refractivity contribution is 0.415. The lowest BCUT2D eigenvalue weighted by Gasteiger charge is -2.24. The van der Waals surface area contributed by atoms with Crippen LogP contribution in [0.15, 0.2) is 49.1 Å². The van der Waals surface area contributed by atoms with Crippen molar-refractivity contribution in [1.29, 1.82) is 0 Å². The fourth-order valence-corrected chi connectivity index (χ4v) is 3.26. The number of thiocarbonyl (C=S) groups is 1. The van der Waals surface area contributed by atoms with Gasteiger partial charge in [0.15, 0.2) is 5.11 Å². The van der Waals surface area contributed by atoms with Gasteiger partial charge < -0.3 is 15.0 Å². The Labute approximate surface area is 145 Å². The second-order valence-corrected chi connectivity index (χ2v) is 6.72. The first-order valence-corrected chi connectivity index (χ1v) is 8.27. The van der Waals surface area contributed by atoms with Crippen molar-refractivity contribution < 1.29 is 4.74 Å². The molecule has 0 aliphatic heterocycles. The number of anilines is 1. The molecule has 3 nitrogen and oxygen atoms in total. The van der Waals surface area contributed by atoms with E-state index >= 15 is 0 Å². The third-order valence-corrected chi connectivity index (χ3v) is 4.51. The molecule has 1 N–H and O–H groups in total. The van der Waals surface area contributed by atoms with E-state index in [2.05, 4.69) is 11.9 Å². The normalized spacial score (nSPS) is 10.1. The minimum Gasteiger partial charge on any atom is -0.497 e. The highest BCUT2D eigenvalue weighted by Crippen LogP contribution is 2.23. The molecule has 0 spiro atoms. The first-order chi connectivity index (χ1) is 10.6. The van der Waals surface area contributed by atoms with Crippen LogP contribution in [0.25, 0.3) is 0 Å². The third-order valence-electron chi connectivity index (χ3n) is 2.93. The topological polar surface area (TPSA) is 24.5 Å². The zero-order valence-electron chi connectivity index (χ0n) is 12.2. The summed E-state index contributed by atoms with van der Waals surface area (Å²) in [5.74, 6) is 0.785. The maximum absolute atomic E-state index is 5.98. The van der Waals surface area contributed by atoms with Gasteiger partial charge in [0.25, 0.3) is 0 Å². The highest BCUT2D eigenvalue weighted by atomic mass is 35.5. The van der Waals surface area contributed by atoms with Gasteiger partial charge in [0.1, 0.15) is 5.75 Å². The van der Waals surface area contributed by atoms with Crippen molar-refractivity contribution in [3.8, 4) is 5.75 Å². The largest absolute Gasteiger partial charge is 0.497 e. The molecule has 0 fully saturated rings. The standard InChI is InChI=1S/C16H17ClN2OS2/c1-3-9-19(11-14-7-8-15(17)22-14)16(21)18-12-5-4-6-13(10-12)20-2/h3-8,10H,1,9,11H2,2H3,(H,18,21). The summed E-state index contributed by atoms with van der Waals surface area (Å²) < 4.78 is 5.99. The van der Waals surface area contributed by atoms with E-state index in [-0.39, 0.29) is 0 Å². The van der Waals surface area contributed by atoms with Gasteiger partial charge in [-0.1, -0.05) is 23.7 Å². The van der Waals surface area contributed by atoms with Crippen molar-refractivity contribution in [3.63, 3.8) is 0 Å². The van der Waals surface area contributed by atoms with Crippen molar-refractivity contribution in [2.45, 2.75) is 6.54 Å². The molecule has 0 amide bonds. The summed E-state index contributed by atoms with van der Waals surface area (Å²) in [5, 5.41) is 3.87. The Morgan fingerprint density at radius 2 is 2.27 bits per heavy atom. The number of rotatable bonds is 6. The van der Waals surface area contributed by atoms with Gasteiger partial charge in [-0.05, 0) is 36.5 Å². The predicted molar refractivity (Wildman–Crippen MR) is 99.2 cm³/mol. The molecule has 1 aromatic heterocycles. The van der Waals surface area contributed by atoms with Crippen LogP contribution in [-0.2, 0) is 6.54 Å². The maximum Gasteiger partial charge on any atom is 0.174 e. The van der Waals surface area contributed by atoms with Crippen LogP contribution in [-0.4, -0.2) is 23.7 Å². The number of halogens is 1. The Balaban J connectivity index is 2.06.